The van der Waals surface area contributed by atoms with Gasteiger partial charge in [0.2, 0.25) is 0 Å². The van der Waals surface area contributed by atoms with Gasteiger partial charge in [0.1, 0.15) is 5.78 Å². The molecule has 17 heavy (non-hydrogen) atoms. The zero-order valence-corrected chi connectivity index (χ0v) is 11.7. The molecule has 5 nitrogen and oxygen atoms in total. The topological polar surface area (TPSA) is 57.7 Å². The molecule has 100 valence electrons. The van der Waals surface area contributed by atoms with E-state index >= 15 is 0 Å². The fourth-order valence-corrected chi connectivity index (χ4v) is 3.83. The molecule has 0 aromatic heterocycles. The van der Waals surface area contributed by atoms with E-state index in [1.807, 2.05) is 20.8 Å². The summed E-state index contributed by atoms with van der Waals surface area (Å²) in [6.07, 6.45) is 1.06. The predicted molar refractivity (Wildman–Crippen MR) is 66.8 cm³/mol. The molecular formula is C11H22N2O3S. The van der Waals surface area contributed by atoms with Gasteiger partial charge in [-0.2, -0.15) is 17.0 Å². The quantitative estimate of drug-likeness (QED) is 0.739. The Morgan fingerprint density at radius 3 is 2.35 bits per heavy atom. The van der Waals surface area contributed by atoms with E-state index in [1.165, 1.54) is 8.61 Å². The summed E-state index contributed by atoms with van der Waals surface area (Å²) in [5.41, 5.74) is 0. The average molecular weight is 262 g/mol. The minimum absolute atomic E-state index is 0.130. The second-order valence-electron chi connectivity index (χ2n) is 4.27. The predicted octanol–water partition coefficient (Wildman–Crippen LogP) is 0.874. The van der Waals surface area contributed by atoms with Crippen molar-refractivity contribution in [1.29, 1.82) is 0 Å². The molecule has 1 aliphatic rings. The van der Waals surface area contributed by atoms with Gasteiger partial charge in [0, 0.05) is 38.5 Å². The molecule has 1 rings (SSSR count). The molecule has 1 fully saturated rings. The minimum Gasteiger partial charge on any atom is -0.299 e. The number of nitrogens with zero attached hydrogens (tertiary/aromatic N) is 2. The van der Waals surface area contributed by atoms with Gasteiger partial charge in [-0.15, -0.1) is 0 Å². The Balaban J connectivity index is 2.83. The zero-order valence-electron chi connectivity index (χ0n) is 10.8. The Hall–Kier alpha value is -0.460. The maximum Gasteiger partial charge on any atom is 0.281 e. The molecule has 0 aliphatic carbocycles. The lowest BCUT2D eigenvalue weighted by Gasteiger charge is -2.33. The van der Waals surface area contributed by atoms with E-state index in [-0.39, 0.29) is 11.7 Å². The van der Waals surface area contributed by atoms with Crippen LogP contribution in [-0.4, -0.2) is 49.0 Å². The fourth-order valence-electron chi connectivity index (χ4n) is 2.16. The first-order chi connectivity index (χ1) is 7.97. The van der Waals surface area contributed by atoms with Crippen LogP contribution in [0.3, 0.4) is 0 Å². The van der Waals surface area contributed by atoms with Crippen molar-refractivity contribution in [2.24, 2.45) is 5.92 Å². The molecule has 0 radical (unpaired) electrons. The van der Waals surface area contributed by atoms with Gasteiger partial charge < -0.3 is 0 Å². The lowest BCUT2D eigenvalue weighted by Crippen LogP contribution is -2.50. The SMILES string of the molecule is CCC1CN(S(=O)(=O)N(CC)CC)CCC1=O. The number of rotatable bonds is 5. The minimum atomic E-state index is -3.38. The molecule has 0 amide bonds. The van der Waals surface area contributed by atoms with Gasteiger partial charge >= 0.3 is 0 Å². The summed E-state index contributed by atoms with van der Waals surface area (Å²) in [6, 6.07) is 0. The third-order valence-corrected chi connectivity index (χ3v) is 5.49. The van der Waals surface area contributed by atoms with Gasteiger partial charge in [-0.3, -0.25) is 4.79 Å². The monoisotopic (exact) mass is 262 g/mol. The van der Waals surface area contributed by atoms with Gasteiger partial charge in [0.25, 0.3) is 10.2 Å². The van der Waals surface area contributed by atoms with Crippen molar-refractivity contribution in [3.63, 3.8) is 0 Å². The van der Waals surface area contributed by atoms with E-state index in [0.717, 1.165) is 0 Å². The van der Waals surface area contributed by atoms with Crippen molar-refractivity contribution in [3.05, 3.63) is 0 Å². The molecule has 1 unspecified atom stereocenters. The average Bonchev–Trinajstić information content (AvgIpc) is 2.30. The van der Waals surface area contributed by atoms with E-state index in [2.05, 4.69) is 0 Å². The van der Waals surface area contributed by atoms with Crippen LogP contribution in [0.2, 0.25) is 0 Å². The van der Waals surface area contributed by atoms with Crippen molar-refractivity contribution in [1.82, 2.24) is 8.61 Å². The summed E-state index contributed by atoms with van der Waals surface area (Å²) >= 11 is 0. The molecule has 0 bridgehead atoms. The fraction of sp³-hybridized carbons (Fsp3) is 0.909. The number of piperidine rings is 1. The number of carbonyl (C=O) groups excluding carboxylic acids is 1. The van der Waals surface area contributed by atoms with Crippen molar-refractivity contribution < 1.29 is 13.2 Å². The summed E-state index contributed by atoms with van der Waals surface area (Å²) in [6.45, 7) is 7.19. The molecule has 1 saturated heterocycles. The van der Waals surface area contributed by atoms with Gasteiger partial charge in [0.05, 0.1) is 0 Å². The molecule has 6 heteroatoms. The Kier molecular flexibility index (Phi) is 5.09. The summed E-state index contributed by atoms with van der Waals surface area (Å²) in [5.74, 6) is 0.0626. The molecule has 1 heterocycles. The number of hydrogen-bond acceptors (Lipinski definition) is 3. The maximum absolute atomic E-state index is 12.3. The van der Waals surface area contributed by atoms with Crippen LogP contribution in [0.4, 0.5) is 0 Å². The molecule has 0 N–H and O–H groups in total. The summed E-state index contributed by atoms with van der Waals surface area (Å²) in [4.78, 5) is 11.6. The number of ketones is 1. The van der Waals surface area contributed by atoms with Crippen LogP contribution in [0.25, 0.3) is 0 Å². The first-order valence-electron chi connectivity index (χ1n) is 6.25. The van der Waals surface area contributed by atoms with Crippen LogP contribution in [-0.2, 0) is 15.0 Å². The Bertz CT molecular complexity index is 363. The summed E-state index contributed by atoms with van der Waals surface area (Å²) < 4.78 is 27.4. The van der Waals surface area contributed by atoms with Crippen molar-refractivity contribution >= 4 is 16.0 Å². The first-order valence-corrected chi connectivity index (χ1v) is 7.64. The van der Waals surface area contributed by atoms with Crippen molar-refractivity contribution in [2.75, 3.05) is 26.2 Å². The third-order valence-electron chi connectivity index (χ3n) is 3.34. The molecule has 0 aromatic rings. The van der Waals surface area contributed by atoms with Gasteiger partial charge in [-0.25, -0.2) is 0 Å². The molecule has 0 aromatic carbocycles. The molecule has 0 spiro atoms. The Labute approximate surface area is 104 Å². The van der Waals surface area contributed by atoms with Crippen LogP contribution in [0.5, 0.6) is 0 Å². The van der Waals surface area contributed by atoms with E-state index in [0.29, 0.717) is 39.0 Å². The smallest absolute Gasteiger partial charge is 0.281 e. The second kappa shape index (κ2) is 5.93. The number of hydrogen-bond donors (Lipinski definition) is 0. The highest BCUT2D eigenvalue weighted by Crippen LogP contribution is 2.20. The maximum atomic E-state index is 12.3. The van der Waals surface area contributed by atoms with E-state index in [9.17, 15) is 13.2 Å². The summed E-state index contributed by atoms with van der Waals surface area (Å²) in [7, 11) is -3.38. The Morgan fingerprint density at radius 2 is 1.88 bits per heavy atom. The van der Waals surface area contributed by atoms with Crippen molar-refractivity contribution in [2.45, 2.75) is 33.6 Å². The normalized spacial score (nSPS) is 23.3. The van der Waals surface area contributed by atoms with Crippen LogP contribution < -0.4 is 0 Å². The van der Waals surface area contributed by atoms with E-state index < -0.39 is 10.2 Å². The highest BCUT2D eigenvalue weighted by Gasteiger charge is 2.35. The molecule has 1 aliphatic heterocycles. The van der Waals surface area contributed by atoms with Crippen LogP contribution in [0, 0.1) is 5.92 Å². The molecule has 0 saturated carbocycles. The first kappa shape index (κ1) is 14.6. The van der Waals surface area contributed by atoms with E-state index in [4.69, 9.17) is 0 Å². The number of Topliss-reactive ketones (excluding diaryl/α,β-unsaturated/α-hetero) is 1. The van der Waals surface area contributed by atoms with E-state index in [1.54, 1.807) is 0 Å². The zero-order chi connectivity index (χ0) is 13.1. The van der Waals surface area contributed by atoms with Crippen LogP contribution in [0.15, 0.2) is 0 Å². The van der Waals surface area contributed by atoms with Crippen LogP contribution in [0.1, 0.15) is 33.6 Å². The summed E-state index contributed by atoms with van der Waals surface area (Å²) in [5, 5.41) is 0. The highest BCUT2D eigenvalue weighted by atomic mass is 32.2. The Morgan fingerprint density at radius 1 is 1.29 bits per heavy atom. The standard InChI is InChI=1S/C11H22N2O3S/c1-4-10-9-13(8-7-11(10)14)17(15,16)12(5-2)6-3/h10H,4-9H2,1-3H3. The largest absolute Gasteiger partial charge is 0.299 e. The highest BCUT2D eigenvalue weighted by molar-refractivity contribution is 7.86. The van der Waals surface area contributed by atoms with Crippen LogP contribution >= 0.6 is 0 Å². The van der Waals surface area contributed by atoms with Gasteiger partial charge in [0.15, 0.2) is 0 Å². The lowest BCUT2D eigenvalue weighted by atomic mass is 9.96. The van der Waals surface area contributed by atoms with Crippen molar-refractivity contribution in [3.8, 4) is 0 Å². The lowest BCUT2D eigenvalue weighted by molar-refractivity contribution is -0.125. The number of carbonyl (C=O) groups is 1. The molecular weight excluding hydrogens is 240 g/mol. The van der Waals surface area contributed by atoms with Gasteiger partial charge in [-0.1, -0.05) is 20.8 Å². The third kappa shape index (κ3) is 3.05. The van der Waals surface area contributed by atoms with Gasteiger partial charge in [-0.05, 0) is 6.42 Å². The molecule has 1 atom stereocenters. The second-order valence-corrected chi connectivity index (χ2v) is 6.20.